The molecule has 7 heteroatoms. The SMILES string of the molecule is COc1cc(-c2c(C(=O)O)sc3cc(F)ccc23)c(F)cc1Cl. The Labute approximate surface area is 138 Å². The van der Waals surface area contributed by atoms with Gasteiger partial charge in [-0.05, 0) is 30.3 Å². The summed E-state index contributed by atoms with van der Waals surface area (Å²) in [6.07, 6.45) is 0. The summed E-state index contributed by atoms with van der Waals surface area (Å²) in [6, 6.07) is 6.27. The Morgan fingerprint density at radius 1 is 1.26 bits per heavy atom. The summed E-state index contributed by atoms with van der Waals surface area (Å²) in [6.45, 7) is 0. The van der Waals surface area contributed by atoms with Crippen LogP contribution in [0.1, 0.15) is 9.67 Å². The van der Waals surface area contributed by atoms with Gasteiger partial charge in [0.2, 0.25) is 0 Å². The molecule has 3 rings (SSSR count). The summed E-state index contributed by atoms with van der Waals surface area (Å²) in [5, 5.41) is 9.94. The molecule has 0 amide bonds. The van der Waals surface area contributed by atoms with E-state index in [1.165, 1.54) is 31.4 Å². The highest BCUT2D eigenvalue weighted by Crippen LogP contribution is 2.42. The van der Waals surface area contributed by atoms with Crippen molar-refractivity contribution in [1.82, 2.24) is 0 Å². The normalized spacial score (nSPS) is 11.0. The van der Waals surface area contributed by atoms with Crippen molar-refractivity contribution >= 4 is 39.0 Å². The molecule has 0 radical (unpaired) electrons. The Morgan fingerprint density at radius 2 is 2.00 bits per heavy atom. The number of thiophene rings is 1. The number of methoxy groups -OCH3 is 1. The molecule has 1 N–H and O–H groups in total. The van der Waals surface area contributed by atoms with Gasteiger partial charge in [0.05, 0.1) is 12.1 Å². The number of benzene rings is 2. The molecular weight excluding hydrogens is 346 g/mol. The average molecular weight is 355 g/mol. The summed E-state index contributed by atoms with van der Waals surface area (Å²) in [5.74, 6) is -2.16. The van der Waals surface area contributed by atoms with Crippen LogP contribution in [-0.4, -0.2) is 18.2 Å². The Bertz CT molecular complexity index is 937. The molecule has 0 spiro atoms. The lowest BCUT2D eigenvalue weighted by Crippen LogP contribution is -1.97. The number of carboxylic acids is 1. The topological polar surface area (TPSA) is 46.5 Å². The van der Waals surface area contributed by atoms with Gasteiger partial charge in [-0.1, -0.05) is 11.6 Å². The van der Waals surface area contributed by atoms with Crippen LogP contribution in [-0.2, 0) is 0 Å². The average Bonchev–Trinajstić information content (AvgIpc) is 2.86. The van der Waals surface area contributed by atoms with Gasteiger partial charge < -0.3 is 9.84 Å². The quantitative estimate of drug-likeness (QED) is 0.702. The van der Waals surface area contributed by atoms with Crippen LogP contribution < -0.4 is 4.74 Å². The van der Waals surface area contributed by atoms with Crippen LogP contribution in [0.4, 0.5) is 8.78 Å². The smallest absolute Gasteiger partial charge is 0.346 e. The number of hydrogen-bond donors (Lipinski definition) is 1. The summed E-state index contributed by atoms with van der Waals surface area (Å²) in [5.41, 5.74) is 0.228. The molecule has 0 unspecified atom stereocenters. The Balaban J connectivity index is 2.39. The summed E-state index contributed by atoms with van der Waals surface area (Å²) >= 11 is 6.76. The van der Waals surface area contributed by atoms with Crippen LogP contribution >= 0.6 is 22.9 Å². The van der Waals surface area contributed by atoms with E-state index in [-0.39, 0.29) is 26.8 Å². The molecule has 0 atom stereocenters. The lowest BCUT2D eigenvalue weighted by molar-refractivity contribution is 0.0703. The second-order valence-electron chi connectivity index (χ2n) is 4.72. The van der Waals surface area contributed by atoms with Crippen LogP contribution in [0, 0.1) is 11.6 Å². The summed E-state index contributed by atoms with van der Waals surface area (Å²) < 4.78 is 33.2. The first-order chi connectivity index (χ1) is 10.9. The van der Waals surface area contributed by atoms with E-state index in [1.54, 1.807) is 0 Å². The molecule has 3 nitrogen and oxygen atoms in total. The van der Waals surface area contributed by atoms with Gasteiger partial charge in [-0.15, -0.1) is 11.3 Å². The first-order valence-corrected chi connectivity index (χ1v) is 7.60. The van der Waals surface area contributed by atoms with Crippen molar-refractivity contribution in [3.05, 3.63) is 51.9 Å². The van der Waals surface area contributed by atoms with Crippen molar-refractivity contribution in [1.29, 1.82) is 0 Å². The molecule has 0 aliphatic heterocycles. The molecular formula is C16H9ClF2O3S. The van der Waals surface area contributed by atoms with Crippen molar-refractivity contribution in [2.24, 2.45) is 0 Å². The Morgan fingerprint density at radius 3 is 2.65 bits per heavy atom. The maximum atomic E-state index is 14.4. The van der Waals surface area contributed by atoms with Gasteiger partial charge in [0.25, 0.3) is 0 Å². The largest absolute Gasteiger partial charge is 0.495 e. The fourth-order valence-electron chi connectivity index (χ4n) is 2.37. The lowest BCUT2D eigenvalue weighted by Gasteiger charge is -2.09. The van der Waals surface area contributed by atoms with Gasteiger partial charge in [-0.2, -0.15) is 0 Å². The van der Waals surface area contributed by atoms with Gasteiger partial charge in [-0.25, -0.2) is 13.6 Å². The minimum absolute atomic E-state index is 0.0431. The van der Waals surface area contributed by atoms with Gasteiger partial charge in [0, 0.05) is 21.2 Å². The molecule has 0 aliphatic rings. The van der Waals surface area contributed by atoms with E-state index in [4.69, 9.17) is 16.3 Å². The van der Waals surface area contributed by atoms with E-state index in [2.05, 4.69) is 0 Å². The molecule has 2 aromatic carbocycles. The molecule has 0 bridgehead atoms. The third-order valence-corrected chi connectivity index (χ3v) is 4.79. The summed E-state index contributed by atoms with van der Waals surface area (Å²) in [4.78, 5) is 11.4. The zero-order valence-electron chi connectivity index (χ0n) is 11.7. The van der Waals surface area contributed by atoms with E-state index in [0.29, 0.717) is 10.1 Å². The maximum Gasteiger partial charge on any atom is 0.346 e. The predicted molar refractivity (Wildman–Crippen MR) is 85.7 cm³/mol. The molecule has 0 saturated heterocycles. The second-order valence-corrected chi connectivity index (χ2v) is 6.18. The maximum absolute atomic E-state index is 14.4. The minimum Gasteiger partial charge on any atom is -0.495 e. The second kappa shape index (κ2) is 5.79. The number of halogens is 3. The van der Waals surface area contributed by atoms with E-state index >= 15 is 0 Å². The number of aromatic carboxylic acids is 1. The monoisotopic (exact) mass is 354 g/mol. The summed E-state index contributed by atoms with van der Waals surface area (Å²) in [7, 11) is 1.38. The van der Waals surface area contributed by atoms with Crippen molar-refractivity contribution in [3.8, 4) is 16.9 Å². The molecule has 0 fully saturated rings. The van der Waals surface area contributed by atoms with Crippen LogP contribution in [0.25, 0.3) is 21.2 Å². The fraction of sp³-hybridized carbons (Fsp3) is 0.0625. The third kappa shape index (κ3) is 2.64. The highest BCUT2D eigenvalue weighted by atomic mass is 35.5. The van der Waals surface area contributed by atoms with Crippen molar-refractivity contribution in [2.45, 2.75) is 0 Å². The molecule has 1 heterocycles. The van der Waals surface area contributed by atoms with E-state index < -0.39 is 17.6 Å². The number of hydrogen-bond acceptors (Lipinski definition) is 3. The van der Waals surface area contributed by atoms with Crippen LogP contribution in [0.3, 0.4) is 0 Å². The van der Waals surface area contributed by atoms with Gasteiger partial charge in [-0.3, -0.25) is 0 Å². The number of carboxylic acid groups (broad SMARTS) is 1. The third-order valence-electron chi connectivity index (χ3n) is 3.36. The zero-order chi connectivity index (χ0) is 16.7. The van der Waals surface area contributed by atoms with Crippen LogP contribution in [0.5, 0.6) is 5.75 Å². The standard InChI is InChI=1S/C16H9ClF2O3S/c1-22-12-5-9(11(19)6-10(12)17)14-8-3-2-7(18)4-13(8)23-15(14)16(20)21/h2-6H,1H3,(H,20,21). The number of rotatable bonds is 3. The predicted octanol–water partition coefficient (Wildman–Crippen LogP) is 5.21. The molecule has 0 aliphatic carbocycles. The van der Waals surface area contributed by atoms with E-state index in [1.807, 2.05) is 0 Å². The Hall–Kier alpha value is -2.18. The van der Waals surface area contributed by atoms with Crippen molar-refractivity contribution in [3.63, 3.8) is 0 Å². The number of fused-ring (bicyclic) bond motifs is 1. The van der Waals surface area contributed by atoms with Crippen molar-refractivity contribution in [2.75, 3.05) is 7.11 Å². The van der Waals surface area contributed by atoms with Crippen LogP contribution in [0.2, 0.25) is 5.02 Å². The molecule has 3 aromatic rings. The highest BCUT2D eigenvalue weighted by molar-refractivity contribution is 7.21. The molecule has 23 heavy (non-hydrogen) atoms. The molecule has 0 saturated carbocycles. The van der Waals surface area contributed by atoms with Crippen molar-refractivity contribution < 1.29 is 23.4 Å². The zero-order valence-corrected chi connectivity index (χ0v) is 13.3. The number of ether oxygens (including phenoxy) is 1. The van der Waals surface area contributed by atoms with Crippen LogP contribution in [0.15, 0.2) is 30.3 Å². The first kappa shape index (κ1) is 15.7. The lowest BCUT2D eigenvalue weighted by atomic mass is 10.0. The molecule has 1 aromatic heterocycles. The highest BCUT2D eigenvalue weighted by Gasteiger charge is 2.23. The Kier molecular flexibility index (Phi) is 3.95. The van der Waals surface area contributed by atoms with Gasteiger partial charge >= 0.3 is 5.97 Å². The minimum atomic E-state index is -1.21. The number of carbonyl (C=O) groups is 1. The molecule has 118 valence electrons. The van der Waals surface area contributed by atoms with E-state index in [9.17, 15) is 18.7 Å². The van der Waals surface area contributed by atoms with Gasteiger partial charge in [0.1, 0.15) is 22.3 Å². The first-order valence-electron chi connectivity index (χ1n) is 6.41. The fourth-order valence-corrected chi connectivity index (χ4v) is 3.67. The van der Waals surface area contributed by atoms with E-state index in [0.717, 1.165) is 17.4 Å². The van der Waals surface area contributed by atoms with Gasteiger partial charge in [0.15, 0.2) is 0 Å².